The van der Waals surface area contributed by atoms with E-state index in [1.54, 1.807) is 20.8 Å². The number of β-amino-alcohol motifs (C(OH)–C–C–N with tert-alkyl or cyclic N) is 1. The SMILES string of the molecule is CC(C)(C)OC(=O)N1CC(O)CC1C(=O)NC1CC1. The number of aliphatic hydroxyl groups excluding tert-OH is 1. The van der Waals surface area contributed by atoms with E-state index in [1.165, 1.54) is 4.90 Å². The molecule has 1 heterocycles. The average molecular weight is 270 g/mol. The molecular weight excluding hydrogens is 248 g/mol. The summed E-state index contributed by atoms with van der Waals surface area (Å²) >= 11 is 0. The van der Waals surface area contributed by atoms with Crippen molar-refractivity contribution < 1.29 is 19.4 Å². The van der Waals surface area contributed by atoms with Crippen molar-refractivity contribution in [3.63, 3.8) is 0 Å². The first kappa shape index (κ1) is 14.1. The third-order valence-electron chi connectivity index (χ3n) is 3.13. The fourth-order valence-electron chi connectivity index (χ4n) is 2.11. The molecule has 2 aliphatic rings. The van der Waals surface area contributed by atoms with Crippen molar-refractivity contribution in [1.82, 2.24) is 10.2 Å². The van der Waals surface area contributed by atoms with E-state index in [1.807, 2.05) is 0 Å². The van der Waals surface area contributed by atoms with E-state index in [2.05, 4.69) is 5.32 Å². The van der Waals surface area contributed by atoms with Gasteiger partial charge >= 0.3 is 6.09 Å². The minimum absolute atomic E-state index is 0.150. The van der Waals surface area contributed by atoms with E-state index >= 15 is 0 Å². The molecule has 6 heteroatoms. The summed E-state index contributed by atoms with van der Waals surface area (Å²) in [6.07, 6.45) is 1.06. The third-order valence-corrected chi connectivity index (χ3v) is 3.13. The van der Waals surface area contributed by atoms with Crippen LogP contribution in [0.15, 0.2) is 0 Å². The molecule has 0 spiro atoms. The van der Waals surface area contributed by atoms with Gasteiger partial charge in [-0.2, -0.15) is 0 Å². The zero-order valence-corrected chi connectivity index (χ0v) is 11.7. The predicted molar refractivity (Wildman–Crippen MR) is 68.5 cm³/mol. The molecule has 1 saturated heterocycles. The Morgan fingerprint density at radius 3 is 2.47 bits per heavy atom. The van der Waals surface area contributed by atoms with E-state index in [9.17, 15) is 14.7 Å². The fourth-order valence-corrected chi connectivity index (χ4v) is 2.11. The summed E-state index contributed by atoms with van der Waals surface area (Å²) in [6.45, 7) is 5.47. The number of rotatable bonds is 2. The number of likely N-dealkylation sites (tertiary alicyclic amines) is 1. The molecule has 1 aliphatic heterocycles. The first-order valence-corrected chi connectivity index (χ1v) is 6.74. The molecule has 1 saturated carbocycles. The standard InChI is InChI=1S/C13H22N2O4/c1-13(2,3)19-12(18)15-7-9(16)6-10(15)11(17)14-8-4-5-8/h8-10,16H,4-7H2,1-3H3,(H,14,17). The van der Waals surface area contributed by atoms with Crippen LogP contribution in [0.2, 0.25) is 0 Å². The second-order valence-electron chi connectivity index (χ2n) is 6.32. The number of nitrogens with zero attached hydrogens (tertiary/aromatic N) is 1. The maximum absolute atomic E-state index is 12.1. The van der Waals surface area contributed by atoms with Crippen LogP contribution in [0.1, 0.15) is 40.0 Å². The molecule has 2 unspecified atom stereocenters. The zero-order chi connectivity index (χ0) is 14.2. The Hall–Kier alpha value is -1.30. The number of nitrogens with one attached hydrogen (secondary N) is 1. The molecule has 2 fully saturated rings. The minimum Gasteiger partial charge on any atom is -0.444 e. The van der Waals surface area contributed by atoms with Crippen molar-refractivity contribution in [3.05, 3.63) is 0 Å². The predicted octanol–water partition coefficient (Wildman–Crippen LogP) is 0.635. The van der Waals surface area contributed by atoms with Crippen molar-refractivity contribution in [1.29, 1.82) is 0 Å². The van der Waals surface area contributed by atoms with Gasteiger partial charge in [-0.15, -0.1) is 0 Å². The number of carbonyl (C=O) groups excluding carboxylic acids is 2. The topological polar surface area (TPSA) is 78.9 Å². The number of hydrogen-bond acceptors (Lipinski definition) is 4. The van der Waals surface area contributed by atoms with Crippen LogP contribution in [0, 0.1) is 0 Å². The number of amides is 2. The Kier molecular flexibility index (Phi) is 3.71. The van der Waals surface area contributed by atoms with Crippen LogP contribution >= 0.6 is 0 Å². The molecular formula is C13H22N2O4. The largest absolute Gasteiger partial charge is 0.444 e. The van der Waals surface area contributed by atoms with E-state index in [0.717, 1.165) is 12.8 Å². The minimum atomic E-state index is -0.664. The monoisotopic (exact) mass is 270 g/mol. The summed E-state index contributed by atoms with van der Waals surface area (Å²) in [6, 6.07) is -0.379. The third kappa shape index (κ3) is 3.83. The van der Waals surface area contributed by atoms with E-state index in [0.29, 0.717) is 0 Å². The van der Waals surface area contributed by atoms with Crippen LogP contribution in [-0.4, -0.2) is 52.3 Å². The highest BCUT2D eigenvalue weighted by Crippen LogP contribution is 2.24. The van der Waals surface area contributed by atoms with Crippen LogP contribution in [0.5, 0.6) is 0 Å². The first-order chi connectivity index (χ1) is 8.76. The summed E-state index contributed by atoms with van der Waals surface area (Å²) < 4.78 is 5.27. The van der Waals surface area contributed by atoms with Gasteiger partial charge in [0.2, 0.25) is 5.91 Å². The van der Waals surface area contributed by atoms with Gasteiger partial charge in [0.25, 0.3) is 0 Å². The Labute approximate surface area is 113 Å². The Balaban J connectivity index is 1.99. The molecule has 2 rings (SSSR count). The molecule has 0 bridgehead atoms. The van der Waals surface area contributed by atoms with Gasteiger partial charge in [-0.25, -0.2) is 4.79 Å². The fraction of sp³-hybridized carbons (Fsp3) is 0.846. The lowest BCUT2D eigenvalue weighted by molar-refractivity contribution is -0.125. The zero-order valence-electron chi connectivity index (χ0n) is 11.7. The lowest BCUT2D eigenvalue weighted by atomic mass is 10.2. The first-order valence-electron chi connectivity index (χ1n) is 6.74. The average Bonchev–Trinajstić information content (AvgIpc) is 2.96. The molecule has 1 aliphatic carbocycles. The second kappa shape index (κ2) is 5.00. The Bertz CT molecular complexity index is 373. The number of aliphatic hydroxyl groups is 1. The Morgan fingerprint density at radius 1 is 1.32 bits per heavy atom. The quantitative estimate of drug-likeness (QED) is 0.771. The smallest absolute Gasteiger partial charge is 0.411 e. The van der Waals surface area contributed by atoms with Crippen molar-refractivity contribution in [2.75, 3.05) is 6.54 Å². The van der Waals surface area contributed by atoms with Crippen LogP contribution in [0.25, 0.3) is 0 Å². The summed E-state index contributed by atoms with van der Waals surface area (Å²) in [5, 5.41) is 12.6. The number of carbonyl (C=O) groups is 2. The molecule has 0 radical (unpaired) electrons. The van der Waals surface area contributed by atoms with Crippen molar-refractivity contribution in [2.24, 2.45) is 0 Å². The van der Waals surface area contributed by atoms with Gasteiger partial charge in [0.1, 0.15) is 11.6 Å². The highest BCUT2D eigenvalue weighted by atomic mass is 16.6. The summed E-state index contributed by atoms with van der Waals surface area (Å²) in [4.78, 5) is 25.4. The van der Waals surface area contributed by atoms with Gasteiger partial charge < -0.3 is 15.2 Å². The molecule has 0 aromatic carbocycles. The van der Waals surface area contributed by atoms with Crippen LogP contribution in [0.3, 0.4) is 0 Å². The molecule has 0 aromatic heterocycles. The maximum Gasteiger partial charge on any atom is 0.411 e. The van der Waals surface area contributed by atoms with Crippen LogP contribution in [-0.2, 0) is 9.53 Å². The second-order valence-corrected chi connectivity index (χ2v) is 6.32. The number of ether oxygens (including phenoxy) is 1. The van der Waals surface area contributed by atoms with Crippen molar-refractivity contribution >= 4 is 12.0 Å². The van der Waals surface area contributed by atoms with E-state index < -0.39 is 23.8 Å². The van der Waals surface area contributed by atoms with Crippen LogP contribution < -0.4 is 5.32 Å². The molecule has 19 heavy (non-hydrogen) atoms. The molecule has 0 aromatic rings. The number of hydrogen-bond donors (Lipinski definition) is 2. The van der Waals surface area contributed by atoms with Crippen molar-refractivity contribution in [3.8, 4) is 0 Å². The van der Waals surface area contributed by atoms with Gasteiger partial charge in [-0.05, 0) is 33.6 Å². The molecule has 6 nitrogen and oxygen atoms in total. The van der Waals surface area contributed by atoms with Crippen molar-refractivity contribution in [2.45, 2.75) is 63.8 Å². The molecule has 2 N–H and O–H groups in total. The highest BCUT2D eigenvalue weighted by Gasteiger charge is 2.42. The maximum atomic E-state index is 12.1. The summed E-state index contributed by atoms with van der Waals surface area (Å²) in [5.74, 6) is -0.190. The normalized spacial score (nSPS) is 27.3. The van der Waals surface area contributed by atoms with Gasteiger partial charge in [-0.3, -0.25) is 9.69 Å². The lowest BCUT2D eigenvalue weighted by Crippen LogP contribution is -2.48. The van der Waals surface area contributed by atoms with Gasteiger partial charge in [-0.1, -0.05) is 0 Å². The van der Waals surface area contributed by atoms with Gasteiger partial charge in [0, 0.05) is 12.5 Å². The molecule has 108 valence electrons. The molecule has 2 amide bonds. The van der Waals surface area contributed by atoms with E-state index in [-0.39, 0.29) is 24.9 Å². The molecule has 2 atom stereocenters. The van der Waals surface area contributed by atoms with Gasteiger partial charge in [0.05, 0.1) is 12.6 Å². The summed E-state index contributed by atoms with van der Waals surface area (Å²) in [5.41, 5.74) is -0.609. The highest BCUT2D eigenvalue weighted by molar-refractivity contribution is 5.86. The lowest BCUT2D eigenvalue weighted by Gasteiger charge is -2.27. The van der Waals surface area contributed by atoms with E-state index in [4.69, 9.17) is 4.74 Å². The van der Waals surface area contributed by atoms with Gasteiger partial charge in [0.15, 0.2) is 0 Å². The Morgan fingerprint density at radius 2 is 1.95 bits per heavy atom. The summed E-state index contributed by atoms with van der Waals surface area (Å²) in [7, 11) is 0. The van der Waals surface area contributed by atoms with Crippen LogP contribution in [0.4, 0.5) is 4.79 Å².